The quantitative estimate of drug-likeness (QED) is 0.725. The third-order valence-electron chi connectivity index (χ3n) is 6.03. The van der Waals surface area contributed by atoms with Crippen molar-refractivity contribution in [2.24, 2.45) is 11.8 Å². The lowest BCUT2D eigenvalue weighted by Gasteiger charge is -2.47. The lowest BCUT2D eigenvalue weighted by atomic mass is 9.74. The highest BCUT2D eigenvalue weighted by atomic mass is 16.5. The Balaban J connectivity index is 1.87. The number of esters is 1. The van der Waals surface area contributed by atoms with Crippen LogP contribution in [-0.2, 0) is 16.0 Å². The summed E-state index contributed by atoms with van der Waals surface area (Å²) in [7, 11) is 3.36. The van der Waals surface area contributed by atoms with Gasteiger partial charge in [0.25, 0.3) is 0 Å². The first kappa shape index (κ1) is 19.0. The van der Waals surface area contributed by atoms with Crippen molar-refractivity contribution in [3.05, 3.63) is 23.3 Å². The standard InChI is InChI=1S/C21H31NO4/c1-5-14-13-22-8-7-15-10-19(24-3)20(25-4)12-17(15)18(22)9-16(14)11-21(23)26-6-2/h10,12,14,16,18H,5-9,11,13H2,1-4H3. The second kappa shape index (κ2) is 8.30. The Kier molecular flexibility index (Phi) is 6.07. The summed E-state index contributed by atoms with van der Waals surface area (Å²) < 4.78 is 16.2. The second-order valence-electron chi connectivity index (χ2n) is 7.34. The molecule has 0 N–H and O–H groups in total. The summed E-state index contributed by atoms with van der Waals surface area (Å²) in [6.07, 6.45) is 3.66. The Labute approximate surface area is 156 Å². The van der Waals surface area contributed by atoms with E-state index in [1.54, 1.807) is 14.2 Å². The maximum Gasteiger partial charge on any atom is 0.306 e. The zero-order chi connectivity index (χ0) is 18.7. The average Bonchev–Trinajstić information content (AvgIpc) is 2.66. The summed E-state index contributed by atoms with van der Waals surface area (Å²) in [5.74, 6) is 2.45. The topological polar surface area (TPSA) is 48.0 Å². The summed E-state index contributed by atoms with van der Waals surface area (Å²) in [6, 6.07) is 4.61. The van der Waals surface area contributed by atoms with Gasteiger partial charge in [0.15, 0.2) is 11.5 Å². The molecule has 2 heterocycles. The fourth-order valence-electron chi connectivity index (χ4n) is 4.65. The molecule has 3 unspecified atom stereocenters. The molecule has 0 radical (unpaired) electrons. The number of hydrogen-bond donors (Lipinski definition) is 0. The van der Waals surface area contributed by atoms with Crippen LogP contribution in [0.5, 0.6) is 11.5 Å². The molecule has 2 aliphatic heterocycles. The van der Waals surface area contributed by atoms with Crippen LogP contribution in [0.15, 0.2) is 12.1 Å². The van der Waals surface area contributed by atoms with E-state index >= 15 is 0 Å². The van der Waals surface area contributed by atoms with Gasteiger partial charge in [-0.25, -0.2) is 0 Å². The van der Waals surface area contributed by atoms with Crippen molar-refractivity contribution < 1.29 is 19.0 Å². The number of hydrogen-bond acceptors (Lipinski definition) is 5. The molecule has 0 bridgehead atoms. The average molecular weight is 361 g/mol. The number of nitrogens with zero attached hydrogens (tertiary/aromatic N) is 1. The van der Waals surface area contributed by atoms with Gasteiger partial charge in [0.05, 0.1) is 20.8 Å². The van der Waals surface area contributed by atoms with Crippen LogP contribution in [0.25, 0.3) is 0 Å². The smallest absolute Gasteiger partial charge is 0.306 e. The zero-order valence-electron chi connectivity index (χ0n) is 16.4. The van der Waals surface area contributed by atoms with E-state index in [-0.39, 0.29) is 5.97 Å². The number of methoxy groups -OCH3 is 2. The molecule has 5 nitrogen and oxygen atoms in total. The van der Waals surface area contributed by atoms with E-state index in [0.717, 1.165) is 43.9 Å². The van der Waals surface area contributed by atoms with Gasteiger partial charge in [0, 0.05) is 25.6 Å². The minimum atomic E-state index is -0.0623. The number of carbonyl (C=O) groups is 1. The molecular formula is C21H31NO4. The molecule has 1 fully saturated rings. The zero-order valence-corrected chi connectivity index (χ0v) is 16.4. The Bertz CT molecular complexity index is 645. The van der Waals surface area contributed by atoms with Crippen LogP contribution in [0, 0.1) is 11.8 Å². The van der Waals surface area contributed by atoms with Crippen molar-refractivity contribution in [1.82, 2.24) is 4.90 Å². The highest BCUT2D eigenvalue weighted by Gasteiger charge is 2.39. The minimum Gasteiger partial charge on any atom is -0.493 e. The van der Waals surface area contributed by atoms with Gasteiger partial charge in [-0.3, -0.25) is 9.69 Å². The fraction of sp³-hybridized carbons (Fsp3) is 0.667. The summed E-state index contributed by atoms with van der Waals surface area (Å²) in [4.78, 5) is 14.7. The van der Waals surface area contributed by atoms with Crippen molar-refractivity contribution >= 4 is 5.97 Å². The highest BCUT2D eigenvalue weighted by Crippen LogP contribution is 2.45. The molecule has 5 heteroatoms. The summed E-state index contributed by atoms with van der Waals surface area (Å²) >= 11 is 0. The SMILES string of the molecule is CCOC(=O)CC1CC2c3cc(OC)c(OC)cc3CCN2CC1CC. The predicted molar refractivity (Wildman–Crippen MR) is 101 cm³/mol. The normalized spacial score (nSPS) is 25.2. The molecule has 1 aromatic carbocycles. The molecule has 0 aromatic heterocycles. The molecule has 1 saturated heterocycles. The second-order valence-corrected chi connectivity index (χ2v) is 7.34. The maximum absolute atomic E-state index is 12.1. The van der Waals surface area contributed by atoms with Crippen molar-refractivity contribution in [3.8, 4) is 11.5 Å². The van der Waals surface area contributed by atoms with Crippen LogP contribution in [0.2, 0.25) is 0 Å². The van der Waals surface area contributed by atoms with Crippen LogP contribution in [-0.4, -0.2) is 44.8 Å². The molecule has 0 aliphatic carbocycles. The first-order valence-corrected chi connectivity index (χ1v) is 9.75. The van der Waals surface area contributed by atoms with Gasteiger partial charge >= 0.3 is 5.97 Å². The van der Waals surface area contributed by atoms with Crippen LogP contribution in [0.3, 0.4) is 0 Å². The van der Waals surface area contributed by atoms with Crippen LogP contribution in [0.1, 0.15) is 50.3 Å². The molecule has 2 aliphatic rings. The number of benzene rings is 1. The summed E-state index contributed by atoms with van der Waals surface area (Å²) in [5, 5.41) is 0. The van der Waals surface area contributed by atoms with E-state index in [1.165, 1.54) is 11.1 Å². The van der Waals surface area contributed by atoms with Gasteiger partial charge in [0.2, 0.25) is 0 Å². The lowest BCUT2D eigenvalue weighted by Crippen LogP contribution is -2.46. The monoisotopic (exact) mass is 361 g/mol. The molecule has 3 atom stereocenters. The van der Waals surface area contributed by atoms with Gasteiger partial charge in [-0.15, -0.1) is 0 Å². The van der Waals surface area contributed by atoms with Crippen molar-refractivity contribution in [3.63, 3.8) is 0 Å². The molecule has 26 heavy (non-hydrogen) atoms. The minimum absolute atomic E-state index is 0.0623. The first-order valence-electron chi connectivity index (χ1n) is 9.75. The maximum atomic E-state index is 12.1. The van der Waals surface area contributed by atoms with E-state index in [2.05, 4.69) is 24.0 Å². The van der Waals surface area contributed by atoms with E-state index in [1.807, 2.05) is 6.92 Å². The molecule has 1 aromatic rings. The van der Waals surface area contributed by atoms with Crippen molar-refractivity contribution in [2.75, 3.05) is 33.9 Å². The Morgan fingerprint density at radius 1 is 1.15 bits per heavy atom. The molecule has 3 rings (SSSR count). The van der Waals surface area contributed by atoms with Gasteiger partial charge in [0.1, 0.15) is 0 Å². The lowest BCUT2D eigenvalue weighted by molar-refractivity contribution is -0.145. The third-order valence-corrected chi connectivity index (χ3v) is 6.03. The predicted octanol–water partition coefficient (Wildman–Crippen LogP) is 3.60. The molecule has 0 amide bonds. The van der Waals surface area contributed by atoms with Crippen molar-refractivity contribution in [1.29, 1.82) is 0 Å². The summed E-state index contributed by atoms with van der Waals surface area (Å²) in [6.45, 7) is 6.68. The number of piperidine rings is 1. The van der Waals surface area contributed by atoms with E-state index < -0.39 is 0 Å². The third kappa shape index (κ3) is 3.68. The summed E-state index contributed by atoms with van der Waals surface area (Å²) in [5.41, 5.74) is 2.67. The Hall–Kier alpha value is -1.75. The Morgan fingerprint density at radius 2 is 1.88 bits per heavy atom. The first-order chi connectivity index (χ1) is 12.6. The van der Waals surface area contributed by atoms with Crippen LogP contribution >= 0.6 is 0 Å². The van der Waals surface area contributed by atoms with Gasteiger partial charge < -0.3 is 14.2 Å². The van der Waals surface area contributed by atoms with E-state index in [4.69, 9.17) is 14.2 Å². The number of ether oxygens (including phenoxy) is 3. The molecular weight excluding hydrogens is 330 g/mol. The van der Waals surface area contributed by atoms with Gasteiger partial charge in [-0.05, 0) is 54.9 Å². The van der Waals surface area contributed by atoms with Gasteiger partial charge in [-0.1, -0.05) is 13.3 Å². The van der Waals surface area contributed by atoms with E-state index in [9.17, 15) is 4.79 Å². The molecule has 144 valence electrons. The van der Waals surface area contributed by atoms with Crippen LogP contribution < -0.4 is 9.47 Å². The number of carbonyl (C=O) groups excluding carboxylic acids is 1. The molecule has 0 spiro atoms. The number of fused-ring (bicyclic) bond motifs is 3. The fourth-order valence-corrected chi connectivity index (χ4v) is 4.65. The largest absolute Gasteiger partial charge is 0.493 e. The van der Waals surface area contributed by atoms with Crippen LogP contribution in [0.4, 0.5) is 0 Å². The molecule has 0 saturated carbocycles. The van der Waals surface area contributed by atoms with E-state index in [0.29, 0.717) is 30.9 Å². The number of rotatable bonds is 6. The Morgan fingerprint density at radius 3 is 2.54 bits per heavy atom. The van der Waals surface area contributed by atoms with Gasteiger partial charge in [-0.2, -0.15) is 0 Å². The highest BCUT2D eigenvalue weighted by molar-refractivity contribution is 5.69. The van der Waals surface area contributed by atoms with Crippen molar-refractivity contribution in [2.45, 2.75) is 45.6 Å².